The highest BCUT2D eigenvalue weighted by molar-refractivity contribution is 7.92. The van der Waals surface area contributed by atoms with E-state index in [0.29, 0.717) is 42.0 Å². The Morgan fingerprint density at radius 1 is 1.10 bits per heavy atom. The number of carbonyl (C=O) groups excluding carboxylic acids is 2. The number of aryl methyl sites for hydroxylation is 2. The first kappa shape index (κ1) is 20.9. The molecule has 0 amide bonds. The lowest BCUT2D eigenvalue weighted by Crippen LogP contribution is -2.34. The Morgan fingerprint density at radius 2 is 1.83 bits per heavy atom. The lowest BCUT2D eigenvalue weighted by atomic mass is 9.99. The third-order valence-electron chi connectivity index (χ3n) is 4.86. The normalized spacial score (nSPS) is 13.6. The number of carbonyl (C=O) groups is 2. The molecule has 0 spiro atoms. The molecular weight excluding hydrogens is 394 g/mol. The first-order valence-electron chi connectivity index (χ1n) is 9.16. The first-order valence-corrected chi connectivity index (χ1v) is 11.0. The van der Waals surface area contributed by atoms with Gasteiger partial charge in [0.15, 0.2) is 12.4 Å². The zero-order valence-electron chi connectivity index (χ0n) is 16.6. The second-order valence-electron chi connectivity index (χ2n) is 6.97. The molecule has 2 aromatic carbocycles. The molecule has 0 bridgehead atoms. The molecule has 29 heavy (non-hydrogen) atoms. The molecule has 154 valence electrons. The number of anilines is 1. The second kappa shape index (κ2) is 8.24. The van der Waals surface area contributed by atoms with Gasteiger partial charge in [-0.2, -0.15) is 0 Å². The molecule has 0 saturated heterocycles. The summed E-state index contributed by atoms with van der Waals surface area (Å²) in [6, 6.07) is 9.80. The van der Waals surface area contributed by atoms with E-state index in [-0.39, 0.29) is 5.78 Å². The van der Waals surface area contributed by atoms with Gasteiger partial charge in [-0.05, 0) is 61.2 Å². The van der Waals surface area contributed by atoms with Crippen LogP contribution < -0.4 is 9.04 Å². The van der Waals surface area contributed by atoms with E-state index in [4.69, 9.17) is 9.47 Å². The van der Waals surface area contributed by atoms with Gasteiger partial charge in [-0.3, -0.25) is 9.10 Å². The number of fused-ring (bicyclic) bond motifs is 1. The fraction of sp³-hybridized carbons (Fsp3) is 0.333. The van der Waals surface area contributed by atoms with Crippen molar-refractivity contribution in [3.63, 3.8) is 0 Å². The maximum absolute atomic E-state index is 12.5. The molecule has 0 aliphatic carbocycles. The summed E-state index contributed by atoms with van der Waals surface area (Å²) < 4.78 is 35.6. The Labute approximate surface area is 170 Å². The van der Waals surface area contributed by atoms with Crippen molar-refractivity contribution in [1.82, 2.24) is 0 Å². The third-order valence-corrected chi connectivity index (χ3v) is 6.04. The smallest absolute Gasteiger partial charge is 0.338 e. The van der Waals surface area contributed by atoms with E-state index >= 15 is 0 Å². The van der Waals surface area contributed by atoms with E-state index in [1.807, 2.05) is 6.92 Å². The summed E-state index contributed by atoms with van der Waals surface area (Å²) in [6.45, 7) is 1.89. The van der Waals surface area contributed by atoms with Crippen LogP contribution in [0.2, 0.25) is 0 Å². The number of benzene rings is 2. The number of esters is 1. The summed E-state index contributed by atoms with van der Waals surface area (Å²) in [5, 5.41) is 0. The number of ketones is 1. The standard InChI is InChI=1S/C21H23NO6S/c1-14-6-7-17(12-20(14)27-2)21(24)28-13-19(23)16-8-9-18-15(11-16)5-4-10-22(18)29(3,25)26/h6-9,11-12H,4-5,10,13H2,1-3H3. The SMILES string of the molecule is COc1cc(C(=O)OCC(=O)c2ccc3c(c2)CCCN3S(C)(=O)=O)ccc1C. The van der Waals surface area contributed by atoms with Crippen LogP contribution in [0.15, 0.2) is 36.4 Å². The number of rotatable bonds is 6. The first-order chi connectivity index (χ1) is 13.7. The van der Waals surface area contributed by atoms with Crippen molar-refractivity contribution in [2.75, 3.05) is 30.8 Å². The van der Waals surface area contributed by atoms with E-state index in [1.54, 1.807) is 36.4 Å². The largest absolute Gasteiger partial charge is 0.496 e. The van der Waals surface area contributed by atoms with E-state index in [1.165, 1.54) is 17.7 Å². The average molecular weight is 417 g/mol. The number of ether oxygens (including phenoxy) is 2. The number of methoxy groups -OCH3 is 1. The highest BCUT2D eigenvalue weighted by Gasteiger charge is 2.25. The van der Waals surface area contributed by atoms with E-state index in [9.17, 15) is 18.0 Å². The predicted octanol–water partition coefficient (Wildman–Crippen LogP) is 2.76. The van der Waals surface area contributed by atoms with Crippen LogP contribution in [-0.2, 0) is 21.2 Å². The van der Waals surface area contributed by atoms with Crippen LogP contribution in [0.5, 0.6) is 5.75 Å². The van der Waals surface area contributed by atoms with Gasteiger partial charge in [-0.15, -0.1) is 0 Å². The Kier molecular flexibility index (Phi) is 5.93. The van der Waals surface area contributed by atoms with Crippen LogP contribution >= 0.6 is 0 Å². The molecular formula is C21H23NO6S. The van der Waals surface area contributed by atoms with Crippen molar-refractivity contribution in [2.24, 2.45) is 0 Å². The predicted molar refractivity (Wildman–Crippen MR) is 109 cm³/mol. The molecule has 0 atom stereocenters. The topological polar surface area (TPSA) is 90.0 Å². The lowest BCUT2D eigenvalue weighted by Gasteiger charge is -2.29. The van der Waals surface area contributed by atoms with Crippen molar-refractivity contribution < 1.29 is 27.5 Å². The maximum Gasteiger partial charge on any atom is 0.338 e. The van der Waals surface area contributed by atoms with Gasteiger partial charge in [0.1, 0.15) is 5.75 Å². The molecule has 1 aliphatic rings. The fourth-order valence-electron chi connectivity index (χ4n) is 3.33. The number of hydrogen-bond donors (Lipinski definition) is 0. The second-order valence-corrected chi connectivity index (χ2v) is 8.87. The molecule has 0 N–H and O–H groups in total. The fourth-order valence-corrected chi connectivity index (χ4v) is 4.32. The summed E-state index contributed by atoms with van der Waals surface area (Å²) in [5.41, 5.74) is 2.96. The minimum atomic E-state index is -3.36. The zero-order valence-corrected chi connectivity index (χ0v) is 17.4. The Bertz CT molecular complexity index is 1060. The third kappa shape index (κ3) is 4.59. The summed E-state index contributed by atoms with van der Waals surface area (Å²) in [5.74, 6) is -0.398. The zero-order chi connectivity index (χ0) is 21.2. The highest BCUT2D eigenvalue weighted by Crippen LogP contribution is 2.30. The Balaban J connectivity index is 1.71. The molecule has 3 rings (SSSR count). The van der Waals surface area contributed by atoms with Crippen LogP contribution in [0.1, 0.15) is 38.3 Å². The molecule has 7 nitrogen and oxygen atoms in total. The van der Waals surface area contributed by atoms with Gasteiger partial charge in [-0.25, -0.2) is 13.2 Å². The Morgan fingerprint density at radius 3 is 2.52 bits per heavy atom. The monoisotopic (exact) mass is 417 g/mol. The average Bonchev–Trinajstić information content (AvgIpc) is 2.70. The van der Waals surface area contributed by atoms with Gasteiger partial charge in [0.05, 0.1) is 24.6 Å². The minimum Gasteiger partial charge on any atom is -0.496 e. The number of sulfonamides is 1. The van der Waals surface area contributed by atoms with Gasteiger partial charge in [-0.1, -0.05) is 6.07 Å². The van der Waals surface area contributed by atoms with Gasteiger partial charge in [0.25, 0.3) is 0 Å². The number of Topliss-reactive ketones (excluding diaryl/α,β-unsaturated/α-hetero) is 1. The number of nitrogens with zero attached hydrogens (tertiary/aromatic N) is 1. The van der Waals surface area contributed by atoms with Gasteiger partial charge in [0, 0.05) is 12.1 Å². The Hall–Kier alpha value is -2.87. The van der Waals surface area contributed by atoms with Gasteiger partial charge < -0.3 is 9.47 Å². The molecule has 0 aromatic heterocycles. The van der Waals surface area contributed by atoms with Crippen molar-refractivity contribution in [3.05, 3.63) is 58.7 Å². The van der Waals surface area contributed by atoms with Crippen molar-refractivity contribution in [2.45, 2.75) is 19.8 Å². The molecule has 1 aliphatic heterocycles. The highest BCUT2D eigenvalue weighted by atomic mass is 32.2. The summed E-state index contributed by atoms with van der Waals surface area (Å²) in [7, 11) is -1.85. The molecule has 8 heteroatoms. The molecule has 0 fully saturated rings. The number of hydrogen-bond acceptors (Lipinski definition) is 6. The molecule has 0 radical (unpaired) electrons. The van der Waals surface area contributed by atoms with E-state index in [0.717, 1.165) is 11.1 Å². The molecule has 0 saturated carbocycles. The quantitative estimate of drug-likeness (QED) is 0.530. The lowest BCUT2D eigenvalue weighted by molar-refractivity contribution is 0.0474. The van der Waals surface area contributed by atoms with Crippen molar-refractivity contribution in [1.29, 1.82) is 0 Å². The van der Waals surface area contributed by atoms with Crippen LogP contribution in [0.25, 0.3) is 0 Å². The van der Waals surface area contributed by atoms with Gasteiger partial charge >= 0.3 is 5.97 Å². The molecule has 0 unspecified atom stereocenters. The maximum atomic E-state index is 12.5. The van der Waals surface area contributed by atoms with Crippen LogP contribution in [0, 0.1) is 6.92 Å². The van der Waals surface area contributed by atoms with Crippen molar-refractivity contribution in [3.8, 4) is 5.75 Å². The molecule has 1 heterocycles. The summed E-state index contributed by atoms with van der Waals surface area (Å²) in [4.78, 5) is 24.7. The van der Waals surface area contributed by atoms with E-state index < -0.39 is 22.6 Å². The van der Waals surface area contributed by atoms with Gasteiger partial charge in [0.2, 0.25) is 10.0 Å². The molecule has 2 aromatic rings. The van der Waals surface area contributed by atoms with Crippen LogP contribution in [0.3, 0.4) is 0 Å². The van der Waals surface area contributed by atoms with Crippen LogP contribution in [0.4, 0.5) is 5.69 Å². The minimum absolute atomic E-state index is 0.300. The summed E-state index contributed by atoms with van der Waals surface area (Å²) >= 11 is 0. The van der Waals surface area contributed by atoms with Crippen molar-refractivity contribution >= 4 is 27.5 Å². The van der Waals surface area contributed by atoms with Crippen LogP contribution in [-0.4, -0.2) is 46.7 Å². The summed E-state index contributed by atoms with van der Waals surface area (Å²) in [6.07, 6.45) is 2.54. The van der Waals surface area contributed by atoms with E-state index in [2.05, 4.69) is 0 Å².